The molecule has 29 heavy (non-hydrogen) atoms. The minimum Gasteiger partial charge on any atom is -0.394 e. The molecular formula is C24H27N3OS. The molecule has 2 fully saturated rings. The van der Waals surface area contributed by atoms with Gasteiger partial charge in [-0.25, -0.2) is 4.98 Å². The lowest BCUT2D eigenvalue weighted by Gasteiger charge is -2.51. The number of hydrogen-bond acceptors (Lipinski definition) is 5. The Bertz CT molecular complexity index is 928. The van der Waals surface area contributed by atoms with Crippen LogP contribution in [0, 0.1) is 29.1 Å². The van der Waals surface area contributed by atoms with E-state index in [2.05, 4.69) is 42.0 Å². The van der Waals surface area contributed by atoms with Gasteiger partial charge in [0.1, 0.15) is 6.04 Å². The number of hydrogen-bond donors (Lipinski definition) is 1. The standard InChI is InChI=1S/C24H27N3OS/c1-2-20-15-26-24(29-20)27-21(14-25)23(22(27)16-28)19-12-10-18(11-13-19)9-5-8-17-6-3-4-7-17/h10-13,15,17,21-23,28H,2-4,6-8,16H2,1H3/t21-,22-,23-/m0/s1. The summed E-state index contributed by atoms with van der Waals surface area (Å²) in [5.41, 5.74) is 2.10. The van der Waals surface area contributed by atoms with Crippen molar-refractivity contribution >= 4 is 16.5 Å². The molecule has 1 aliphatic carbocycles. The van der Waals surface area contributed by atoms with Crippen LogP contribution in [0.3, 0.4) is 0 Å². The largest absolute Gasteiger partial charge is 0.394 e. The highest BCUT2D eigenvalue weighted by Crippen LogP contribution is 2.44. The van der Waals surface area contributed by atoms with Crippen LogP contribution < -0.4 is 4.90 Å². The van der Waals surface area contributed by atoms with E-state index in [4.69, 9.17) is 0 Å². The van der Waals surface area contributed by atoms with Crippen LogP contribution in [0.2, 0.25) is 0 Å². The van der Waals surface area contributed by atoms with Gasteiger partial charge in [0.25, 0.3) is 0 Å². The van der Waals surface area contributed by atoms with Crippen molar-refractivity contribution in [2.24, 2.45) is 5.92 Å². The van der Waals surface area contributed by atoms with Gasteiger partial charge in [-0.1, -0.05) is 43.7 Å². The Kier molecular flexibility index (Phi) is 6.19. The first kappa shape index (κ1) is 20.0. The summed E-state index contributed by atoms with van der Waals surface area (Å²) in [5.74, 6) is 7.39. The average molecular weight is 406 g/mol. The number of aliphatic hydroxyl groups excluding tert-OH is 1. The van der Waals surface area contributed by atoms with Crippen molar-refractivity contribution in [1.29, 1.82) is 5.26 Å². The SMILES string of the molecule is CCc1cnc(N2[C@@H](C#N)[C@H](c3ccc(C#CCC4CCCC4)cc3)[C@@H]2CO)s1. The predicted molar refractivity (Wildman–Crippen MR) is 117 cm³/mol. The van der Waals surface area contributed by atoms with Crippen LogP contribution in [-0.4, -0.2) is 28.8 Å². The molecule has 4 rings (SSSR count). The van der Waals surface area contributed by atoms with Gasteiger partial charge in [0.15, 0.2) is 5.13 Å². The fourth-order valence-electron chi connectivity index (χ4n) is 4.55. The Morgan fingerprint density at radius 2 is 2.00 bits per heavy atom. The molecule has 4 nitrogen and oxygen atoms in total. The van der Waals surface area contributed by atoms with Crippen LogP contribution in [0.15, 0.2) is 30.5 Å². The first-order valence-corrected chi connectivity index (χ1v) is 11.4. The molecule has 0 unspecified atom stereocenters. The Morgan fingerprint density at radius 1 is 1.24 bits per heavy atom. The molecule has 0 spiro atoms. The second kappa shape index (κ2) is 8.99. The molecule has 2 aromatic rings. The summed E-state index contributed by atoms with van der Waals surface area (Å²) in [6, 6.07) is 10.2. The molecule has 0 radical (unpaired) electrons. The van der Waals surface area contributed by atoms with Gasteiger partial charge < -0.3 is 10.0 Å². The summed E-state index contributed by atoms with van der Waals surface area (Å²) in [4.78, 5) is 7.65. The Hall–Kier alpha value is -2.34. The molecule has 2 aliphatic rings. The van der Waals surface area contributed by atoms with Gasteiger partial charge >= 0.3 is 0 Å². The average Bonchev–Trinajstić information content (AvgIpc) is 3.41. The van der Waals surface area contributed by atoms with E-state index in [1.165, 1.54) is 30.6 Å². The number of aryl methyl sites for hydroxylation is 1. The summed E-state index contributed by atoms with van der Waals surface area (Å²) >= 11 is 1.61. The van der Waals surface area contributed by atoms with E-state index >= 15 is 0 Å². The zero-order chi connectivity index (χ0) is 20.2. The third-order valence-electron chi connectivity index (χ3n) is 6.24. The Labute approximate surface area is 177 Å². The van der Waals surface area contributed by atoms with Gasteiger partial charge in [0.05, 0.1) is 18.7 Å². The molecule has 0 bridgehead atoms. The van der Waals surface area contributed by atoms with Crippen molar-refractivity contribution in [3.63, 3.8) is 0 Å². The van der Waals surface area contributed by atoms with Crippen molar-refractivity contribution in [2.75, 3.05) is 11.5 Å². The molecule has 0 amide bonds. The highest BCUT2D eigenvalue weighted by atomic mass is 32.1. The van der Waals surface area contributed by atoms with E-state index in [-0.39, 0.29) is 24.6 Å². The number of aliphatic hydroxyl groups is 1. The van der Waals surface area contributed by atoms with Gasteiger partial charge in [-0.3, -0.25) is 0 Å². The molecule has 150 valence electrons. The van der Waals surface area contributed by atoms with E-state index in [1.54, 1.807) is 11.3 Å². The number of rotatable bonds is 5. The third kappa shape index (κ3) is 4.04. The summed E-state index contributed by atoms with van der Waals surface area (Å²) < 4.78 is 0. The van der Waals surface area contributed by atoms with Crippen LogP contribution in [0.1, 0.15) is 60.9 Å². The minimum absolute atomic E-state index is 0.00678. The topological polar surface area (TPSA) is 60.2 Å². The van der Waals surface area contributed by atoms with Crippen LogP contribution >= 0.6 is 11.3 Å². The number of benzene rings is 1. The molecule has 1 aliphatic heterocycles. The van der Waals surface area contributed by atoms with E-state index in [1.807, 2.05) is 23.2 Å². The lowest BCUT2D eigenvalue weighted by atomic mass is 9.76. The molecule has 2 heterocycles. The van der Waals surface area contributed by atoms with Crippen molar-refractivity contribution in [3.05, 3.63) is 46.5 Å². The van der Waals surface area contributed by atoms with E-state index in [9.17, 15) is 10.4 Å². The summed E-state index contributed by atoms with van der Waals surface area (Å²) in [5, 5.41) is 20.6. The third-order valence-corrected chi connectivity index (χ3v) is 7.39. The Balaban J connectivity index is 1.47. The first-order chi connectivity index (χ1) is 14.2. The van der Waals surface area contributed by atoms with E-state index < -0.39 is 0 Å². The van der Waals surface area contributed by atoms with E-state index in [0.29, 0.717) is 0 Å². The van der Waals surface area contributed by atoms with Gasteiger partial charge in [0, 0.05) is 29.0 Å². The zero-order valence-corrected chi connectivity index (χ0v) is 17.7. The molecular weight excluding hydrogens is 378 g/mol. The number of thiazole rings is 1. The predicted octanol–water partition coefficient (Wildman–Crippen LogP) is 4.49. The molecule has 3 atom stereocenters. The number of anilines is 1. The summed E-state index contributed by atoms with van der Waals surface area (Å²) in [6.07, 6.45) is 9.15. The highest BCUT2D eigenvalue weighted by molar-refractivity contribution is 7.15. The van der Waals surface area contributed by atoms with Crippen molar-refractivity contribution in [1.82, 2.24) is 4.98 Å². The maximum atomic E-state index is 10.0. The van der Waals surface area contributed by atoms with Crippen molar-refractivity contribution in [3.8, 4) is 17.9 Å². The molecule has 1 aromatic heterocycles. The number of aromatic nitrogens is 1. The maximum Gasteiger partial charge on any atom is 0.186 e. The van der Waals surface area contributed by atoms with Gasteiger partial charge in [-0.05, 0) is 42.9 Å². The lowest BCUT2D eigenvalue weighted by Crippen LogP contribution is -2.63. The van der Waals surface area contributed by atoms with Crippen LogP contribution in [0.25, 0.3) is 0 Å². The summed E-state index contributed by atoms with van der Waals surface area (Å²) in [6.45, 7) is 2.10. The number of nitriles is 1. The van der Waals surface area contributed by atoms with Gasteiger partial charge in [0.2, 0.25) is 0 Å². The quantitative estimate of drug-likeness (QED) is 0.745. The second-order valence-electron chi connectivity index (χ2n) is 8.00. The van der Waals surface area contributed by atoms with E-state index in [0.717, 1.165) is 35.0 Å². The molecule has 1 saturated carbocycles. The smallest absolute Gasteiger partial charge is 0.186 e. The summed E-state index contributed by atoms with van der Waals surface area (Å²) in [7, 11) is 0. The van der Waals surface area contributed by atoms with Crippen molar-refractivity contribution < 1.29 is 5.11 Å². The Morgan fingerprint density at radius 3 is 2.62 bits per heavy atom. The normalized spacial score (nSPS) is 23.9. The van der Waals surface area contributed by atoms with Crippen LogP contribution in [0.4, 0.5) is 5.13 Å². The molecule has 1 N–H and O–H groups in total. The van der Waals surface area contributed by atoms with Crippen molar-refractivity contribution in [2.45, 2.75) is 63.5 Å². The first-order valence-electron chi connectivity index (χ1n) is 10.6. The molecule has 1 saturated heterocycles. The lowest BCUT2D eigenvalue weighted by molar-refractivity contribution is 0.187. The maximum absolute atomic E-state index is 10.0. The second-order valence-corrected chi connectivity index (χ2v) is 9.09. The van der Waals surface area contributed by atoms with Crippen LogP contribution in [0.5, 0.6) is 0 Å². The fourth-order valence-corrected chi connectivity index (χ4v) is 5.50. The fraction of sp³-hybridized carbons (Fsp3) is 0.500. The molecule has 1 aromatic carbocycles. The number of nitrogens with zero attached hydrogens (tertiary/aromatic N) is 3. The highest BCUT2D eigenvalue weighted by Gasteiger charge is 2.50. The van der Waals surface area contributed by atoms with Crippen LogP contribution in [-0.2, 0) is 6.42 Å². The minimum atomic E-state index is -0.303. The van der Waals surface area contributed by atoms with Gasteiger partial charge in [-0.15, -0.1) is 11.3 Å². The van der Waals surface area contributed by atoms with Gasteiger partial charge in [-0.2, -0.15) is 5.26 Å². The molecule has 5 heteroatoms. The zero-order valence-electron chi connectivity index (χ0n) is 16.8. The monoisotopic (exact) mass is 405 g/mol.